The predicted octanol–water partition coefficient (Wildman–Crippen LogP) is 1.45. The Kier molecular flexibility index (Phi) is 5.92. The van der Waals surface area contributed by atoms with Crippen LogP contribution in [0.15, 0.2) is 18.2 Å². The zero-order chi connectivity index (χ0) is 15.1. The molecule has 1 amide bonds. The van der Waals surface area contributed by atoms with Gasteiger partial charge < -0.3 is 16.0 Å². The average molecular weight is 280 g/mol. The number of carbonyl (C=O) groups is 1. The molecule has 7 heteroatoms. The second kappa shape index (κ2) is 7.44. The SMILES string of the molecule is CN(C)CCCCNc1cc(C(N)=O)ccc1[N+](=O)[O-]. The minimum Gasteiger partial charge on any atom is -0.379 e. The van der Waals surface area contributed by atoms with Gasteiger partial charge in [-0.05, 0) is 45.6 Å². The monoisotopic (exact) mass is 280 g/mol. The van der Waals surface area contributed by atoms with Crippen molar-refractivity contribution in [3.8, 4) is 0 Å². The number of nitrogens with zero attached hydrogens (tertiary/aromatic N) is 2. The molecule has 0 atom stereocenters. The van der Waals surface area contributed by atoms with Crippen molar-refractivity contribution in [1.29, 1.82) is 0 Å². The number of nitro benzene ring substituents is 1. The van der Waals surface area contributed by atoms with Gasteiger partial charge in [0.05, 0.1) is 4.92 Å². The Labute approximate surface area is 117 Å². The lowest BCUT2D eigenvalue weighted by Gasteiger charge is -2.10. The topological polar surface area (TPSA) is 102 Å². The van der Waals surface area contributed by atoms with E-state index in [0.29, 0.717) is 12.2 Å². The van der Waals surface area contributed by atoms with Gasteiger partial charge in [0.15, 0.2) is 0 Å². The zero-order valence-corrected chi connectivity index (χ0v) is 11.8. The van der Waals surface area contributed by atoms with E-state index in [1.165, 1.54) is 18.2 Å². The highest BCUT2D eigenvalue weighted by atomic mass is 16.6. The van der Waals surface area contributed by atoms with Crippen LogP contribution in [0.1, 0.15) is 23.2 Å². The van der Waals surface area contributed by atoms with E-state index >= 15 is 0 Å². The predicted molar refractivity (Wildman–Crippen MR) is 77.9 cm³/mol. The number of nitro groups is 1. The van der Waals surface area contributed by atoms with E-state index in [0.717, 1.165) is 19.4 Å². The molecule has 1 aromatic carbocycles. The Balaban J connectivity index is 2.68. The third-order valence-electron chi connectivity index (χ3n) is 2.83. The third-order valence-corrected chi connectivity index (χ3v) is 2.83. The summed E-state index contributed by atoms with van der Waals surface area (Å²) >= 11 is 0. The Morgan fingerprint density at radius 2 is 2.10 bits per heavy atom. The number of hydrogen-bond donors (Lipinski definition) is 2. The summed E-state index contributed by atoms with van der Waals surface area (Å²) in [6.07, 6.45) is 1.87. The average Bonchev–Trinajstić information content (AvgIpc) is 2.37. The van der Waals surface area contributed by atoms with Gasteiger partial charge in [0.2, 0.25) is 5.91 Å². The molecule has 0 unspecified atom stereocenters. The van der Waals surface area contributed by atoms with Gasteiger partial charge in [0.1, 0.15) is 5.69 Å². The third kappa shape index (κ3) is 4.85. The highest BCUT2D eigenvalue weighted by molar-refractivity contribution is 5.94. The van der Waals surface area contributed by atoms with Crippen LogP contribution in [0.2, 0.25) is 0 Å². The second-order valence-electron chi connectivity index (χ2n) is 4.79. The van der Waals surface area contributed by atoms with Crippen LogP contribution in [-0.2, 0) is 0 Å². The molecule has 110 valence electrons. The van der Waals surface area contributed by atoms with Gasteiger partial charge in [-0.25, -0.2) is 0 Å². The first kappa shape index (κ1) is 15.9. The van der Waals surface area contributed by atoms with Crippen molar-refractivity contribution in [2.45, 2.75) is 12.8 Å². The molecule has 0 fully saturated rings. The minimum absolute atomic E-state index is 0.0531. The molecule has 0 saturated heterocycles. The van der Waals surface area contributed by atoms with Crippen LogP contribution in [0.3, 0.4) is 0 Å². The van der Waals surface area contributed by atoms with Crippen molar-refractivity contribution < 1.29 is 9.72 Å². The summed E-state index contributed by atoms with van der Waals surface area (Å²) in [7, 11) is 3.99. The van der Waals surface area contributed by atoms with E-state index in [1.807, 2.05) is 14.1 Å². The second-order valence-corrected chi connectivity index (χ2v) is 4.79. The number of benzene rings is 1. The van der Waals surface area contributed by atoms with Gasteiger partial charge in [0, 0.05) is 18.2 Å². The molecule has 7 nitrogen and oxygen atoms in total. The fraction of sp³-hybridized carbons (Fsp3) is 0.462. The van der Waals surface area contributed by atoms with Gasteiger partial charge in [-0.15, -0.1) is 0 Å². The molecule has 0 spiro atoms. The van der Waals surface area contributed by atoms with Crippen molar-refractivity contribution in [3.63, 3.8) is 0 Å². The maximum Gasteiger partial charge on any atom is 0.292 e. The Bertz CT molecular complexity index is 489. The van der Waals surface area contributed by atoms with E-state index in [2.05, 4.69) is 10.2 Å². The van der Waals surface area contributed by atoms with E-state index < -0.39 is 10.8 Å². The zero-order valence-electron chi connectivity index (χ0n) is 11.8. The van der Waals surface area contributed by atoms with E-state index in [4.69, 9.17) is 5.73 Å². The first-order valence-corrected chi connectivity index (χ1v) is 6.38. The number of carbonyl (C=O) groups excluding carboxylic acids is 1. The molecule has 0 radical (unpaired) electrons. The molecular weight excluding hydrogens is 260 g/mol. The standard InChI is InChI=1S/C13H20N4O3/c1-16(2)8-4-3-7-15-11-9-10(13(14)18)5-6-12(11)17(19)20/h5-6,9,15H,3-4,7-8H2,1-2H3,(H2,14,18). The van der Waals surface area contributed by atoms with Crippen LogP contribution in [0.25, 0.3) is 0 Å². The van der Waals surface area contributed by atoms with Crippen molar-refractivity contribution in [1.82, 2.24) is 4.90 Å². The Morgan fingerprint density at radius 1 is 1.40 bits per heavy atom. The number of nitrogens with one attached hydrogen (secondary N) is 1. The van der Waals surface area contributed by atoms with Crippen LogP contribution in [0.4, 0.5) is 11.4 Å². The molecule has 0 aliphatic carbocycles. The highest BCUT2D eigenvalue weighted by Crippen LogP contribution is 2.25. The van der Waals surface area contributed by atoms with E-state index in [1.54, 1.807) is 0 Å². The van der Waals surface area contributed by atoms with Crippen LogP contribution >= 0.6 is 0 Å². The van der Waals surface area contributed by atoms with Crippen molar-refractivity contribution >= 4 is 17.3 Å². The van der Waals surface area contributed by atoms with Gasteiger partial charge in [-0.1, -0.05) is 0 Å². The maximum absolute atomic E-state index is 11.1. The summed E-state index contributed by atoms with van der Waals surface area (Å²) < 4.78 is 0. The van der Waals surface area contributed by atoms with Gasteiger partial charge in [0.25, 0.3) is 5.69 Å². The molecular formula is C13H20N4O3. The quantitative estimate of drug-likeness (QED) is 0.426. The number of rotatable bonds is 8. The summed E-state index contributed by atoms with van der Waals surface area (Å²) in [5.41, 5.74) is 5.71. The number of anilines is 1. The first-order chi connectivity index (χ1) is 9.41. The fourth-order valence-corrected chi connectivity index (χ4v) is 1.77. The normalized spacial score (nSPS) is 10.6. The van der Waals surface area contributed by atoms with Crippen molar-refractivity contribution in [2.75, 3.05) is 32.5 Å². The van der Waals surface area contributed by atoms with Gasteiger partial charge >= 0.3 is 0 Å². The summed E-state index contributed by atoms with van der Waals surface area (Å²) in [4.78, 5) is 23.6. The van der Waals surface area contributed by atoms with Crippen LogP contribution in [0, 0.1) is 10.1 Å². The smallest absolute Gasteiger partial charge is 0.292 e. The lowest BCUT2D eigenvalue weighted by atomic mass is 10.1. The molecule has 0 saturated carbocycles. The first-order valence-electron chi connectivity index (χ1n) is 6.38. The lowest BCUT2D eigenvalue weighted by Crippen LogP contribution is -2.15. The summed E-state index contributed by atoms with van der Waals surface area (Å²) in [5.74, 6) is -0.601. The highest BCUT2D eigenvalue weighted by Gasteiger charge is 2.15. The maximum atomic E-state index is 11.1. The van der Waals surface area contributed by atoms with Crippen molar-refractivity contribution in [2.24, 2.45) is 5.73 Å². The number of hydrogen-bond acceptors (Lipinski definition) is 5. The molecule has 20 heavy (non-hydrogen) atoms. The summed E-state index contributed by atoms with van der Waals surface area (Å²) in [6, 6.07) is 4.08. The summed E-state index contributed by atoms with van der Waals surface area (Å²) in [5, 5.41) is 13.9. The van der Waals surface area contributed by atoms with Crippen molar-refractivity contribution in [3.05, 3.63) is 33.9 Å². The molecule has 1 aromatic rings. The van der Waals surface area contributed by atoms with E-state index in [-0.39, 0.29) is 11.3 Å². The lowest BCUT2D eigenvalue weighted by molar-refractivity contribution is -0.384. The molecule has 0 heterocycles. The van der Waals surface area contributed by atoms with Crippen LogP contribution < -0.4 is 11.1 Å². The number of amides is 1. The minimum atomic E-state index is -0.601. The number of primary amides is 1. The Morgan fingerprint density at radius 3 is 2.65 bits per heavy atom. The van der Waals surface area contributed by atoms with E-state index in [9.17, 15) is 14.9 Å². The number of nitrogens with two attached hydrogens (primary N) is 1. The molecule has 0 aliphatic rings. The molecule has 0 bridgehead atoms. The molecule has 0 aliphatic heterocycles. The molecule has 1 rings (SSSR count). The molecule has 3 N–H and O–H groups in total. The fourth-order valence-electron chi connectivity index (χ4n) is 1.77. The van der Waals surface area contributed by atoms with Crippen LogP contribution in [-0.4, -0.2) is 42.9 Å². The van der Waals surface area contributed by atoms with Gasteiger partial charge in [-0.3, -0.25) is 14.9 Å². The molecule has 0 aromatic heterocycles. The summed E-state index contributed by atoms with van der Waals surface area (Å²) in [6.45, 7) is 1.57. The largest absolute Gasteiger partial charge is 0.379 e. The van der Waals surface area contributed by atoms with Gasteiger partial charge in [-0.2, -0.15) is 0 Å². The van der Waals surface area contributed by atoms with Crippen LogP contribution in [0.5, 0.6) is 0 Å². The Hall–Kier alpha value is -2.15. The number of unbranched alkanes of at least 4 members (excludes halogenated alkanes) is 1.